The second kappa shape index (κ2) is 3.63. The van der Waals surface area contributed by atoms with Gasteiger partial charge in [-0.25, -0.2) is 13.8 Å². The van der Waals surface area contributed by atoms with Crippen molar-refractivity contribution in [1.82, 2.24) is 9.97 Å². The van der Waals surface area contributed by atoms with Gasteiger partial charge in [0.1, 0.15) is 17.2 Å². The summed E-state index contributed by atoms with van der Waals surface area (Å²) in [7, 11) is 0. The smallest absolute Gasteiger partial charge is 0.153 e. The maximum absolute atomic E-state index is 13.5. The zero-order valence-electron chi connectivity index (χ0n) is 8.92. The molecule has 0 aliphatic carbocycles. The van der Waals surface area contributed by atoms with E-state index in [4.69, 9.17) is 0 Å². The van der Waals surface area contributed by atoms with Crippen LogP contribution in [0.25, 0.3) is 21.7 Å². The summed E-state index contributed by atoms with van der Waals surface area (Å²) < 4.78 is 26.5. The van der Waals surface area contributed by atoms with Crippen LogP contribution in [0.5, 0.6) is 0 Å². The second-order valence-corrected chi connectivity index (χ2v) is 4.72. The van der Waals surface area contributed by atoms with Crippen LogP contribution < -0.4 is 0 Å². The van der Waals surface area contributed by atoms with Crippen molar-refractivity contribution >= 4 is 22.4 Å². The van der Waals surface area contributed by atoms with Crippen LogP contribution in [-0.4, -0.2) is 9.97 Å². The van der Waals surface area contributed by atoms with Crippen LogP contribution in [-0.2, 0) is 0 Å². The van der Waals surface area contributed by atoms with Crippen molar-refractivity contribution in [2.45, 2.75) is 6.92 Å². The molecule has 86 valence electrons. The summed E-state index contributed by atoms with van der Waals surface area (Å²) in [6.45, 7) is 1.95. The molecule has 0 aliphatic heterocycles. The molecule has 0 spiro atoms. The molecule has 0 fully saturated rings. The van der Waals surface area contributed by atoms with Gasteiger partial charge in [-0.05, 0) is 30.0 Å². The average molecular weight is 250 g/mol. The van der Waals surface area contributed by atoms with Crippen LogP contribution in [0.4, 0.5) is 8.78 Å². The lowest BCUT2D eigenvalue weighted by molar-refractivity contribution is 0.591. The minimum Gasteiger partial charge on any atom is -0.337 e. The van der Waals surface area contributed by atoms with Crippen molar-refractivity contribution in [2.75, 3.05) is 0 Å². The Balaban J connectivity index is 2.27. The molecule has 2 heterocycles. The van der Waals surface area contributed by atoms with Crippen molar-refractivity contribution in [3.8, 4) is 10.7 Å². The van der Waals surface area contributed by atoms with E-state index in [1.807, 2.05) is 18.4 Å². The van der Waals surface area contributed by atoms with E-state index in [1.54, 1.807) is 0 Å². The summed E-state index contributed by atoms with van der Waals surface area (Å²) in [6, 6.07) is 4.05. The van der Waals surface area contributed by atoms with Gasteiger partial charge < -0.3 is 4.98 Å². The Morgan fingerprint density at radius 1 is 1.29 bits per heavy atom. The summed E-state index contributed by atoms with van der Waals surface area (Å²) in [5, 5.41) is 1.94. The van der Waals surface area contributed by atoms with Gasteiger partial charge in [-0.1, -0.05) is 0 Å². The van der Waals surface area contributed by atoms with Crippen molar-refractivity contribution < 1.29 is 8.78 Å². The van der Waals surface area contributed by atoms with Crippen molar-refractivity contribution in [2.24, 2.45) is 0 Å². The maximum atomic E-state index is 13.5. The molecule has 1 aromatic carbocycles. The van der Waals surface area contributed by atoms with Gasteiger partial charge in [0, 0.05) is 6.07 Å². The number of aryl methyl sites for hydroxylation is 1. The van der Waals surface area contributed by atoms with Gasteiger partial charge in [-0.2, -0.15) is 0 Å². The number of nitrogens with one attached hydrogen (secondary N) is 1. The number of hydrogen-bond donors (Lipinski definition) is 1. The molecule has 17 heavy (non-hydrogen) atoms. The molecule has 5 heteroatoms. The van der Waals surface area contributed by atoms with Crippen LogP contribution in [0.15, 0.2) is 23.6 Å². The number of hydrogen-bond acceptors (Lipinski definition) is 2. The van der Waals surface area contributed by atoms with Gasteiger partial charge in [0.25, 0.3) is 0 Å². The highest BCUT2D eigenvalue weighted by Gasteiger charge is 2.12. The Kier molecular flexibility index (Phi) is 2.22. The largest absolute Gasteiger partial charge is 0.337 e. The Morgan fingerprint density at radius 3 is 2.82 bits per heavy atom. The third kappa shape index (κ3) is 1.63. The highest BCUT2D eigenvalue weighted by Crippen LogP contribution is 2.29. The van der Waals surface area contributed by atoms with E-state index in [1.165, 1.54) is 17.4 Å². The third-order valence-electron chi connectivity index (χ3n) is 2.58. The van der Waals surface area contributed by atoms with Crippen molar-refractivity contribution in [1.29, 1.82) is 0 Å². The number of benzene rings is 1. The minimum absolute atomic E-state index is 0.175. The van der Waals surface area contributed by atoms with E-state index < -0.39 is 11.6 Å². The van der Waals surface area contributed by atoms with E-state index >= 15 is 0 Å². The number of rotatable bonds is 1. The molecule has 3 aromatic rings. The van der Waals surface area contributed by atoms with Gasteiger partial charge in [0.15, 0.2) is 5.82 Å². The lowest BCUT2D eigenvalue weighted by atomic mass is 10.3. The summed E-state index contributed by atoms with van der Waals surface area (Å²) >= 11 is 1.52. The first-order valence-corrected chi connectivity index (χ1v) is 5.92. The molecule has 0 aliphatic rings. The summed E-state index contributed by atoms with van der Waals surface area (Å²) in [6.07, 6.45) is 0. The number of imidazole rings is 1. The number of thiophene rings is 1. The first-order chi connectivity index (χ1) is 8.15. The fraction of sp³-hybridized carbons (Fsp3) is 0.0833. The van der Waals surface area contributed by atoms with E-state index in [0.29, 0.717) is 11.3 Å². The van der Waals surface area contributed by atoms with Gasteiger partial charge in [-0.3, -0.25) is 0 Å². The molecule has 0 saturated carbocycles. The quantitative estimate of drug-likeness (QED) is 0.697. The van der Waals surface area contributed by atoms with Gasteiger partial charge >= 0.3 is 0 Å². The van der Waals surface area contributed by atoms with E-state index in [2.05, 4.69) is 9.97 Å². The number of halogens is 2. The molecule has 0 saturated heterocycles. The average Bonchev–Trinajstić information content (AvgIpc) is 2.83. The lowest BCUT2D eigenvalue weighted by Crippen LogP contribution is -1.81. The highest BCUT2D eigenvalue weighted by atomic mass is 32.1. The van der Waals surface area contributed by atoms with E-state index in [0.717, 1.165) is 16.5 Å². The molecule has 0 bridgehead atoms. The fourth-order valence-electron chi connectivity index (χ4n) is 1.77. The molecule has 0 radical (unpaired) electrons. The Bertz CT molecular complexity index is 700. The van der Waals surface area contributed by atoms with Gasteiger partial charge in [-0.15, -0.1) is 11.3 Å². The predicted molar refractivity (Wildman–Crippen MR) is 64.1 cm³/mol. The topological polar surface area (TPSA) is 28.7 Å². The van der Waals surface area contributed by atoms with Crippen molar-refractivity contribution in [3.63, 3.8) is 0 Å². The van der Waals surface area contributed by atoms with Crippen molar-refractivity contribution in [3.05, 3.63) is 40.8 Å². The van der Waals surface area contributed by atoms with Gasteiger partial charge in [0.2, 0.25) is 0 Å². The number of nitrogens with zero attached hydrogens (tertiary/aromatic N) is 1. The Morgan fingerprint density at radius 2 is 2.12 bits per heavy atom. The molecule has 0 unspecified atom stereocenters. The van der Waals surface area contributed by atoms with Gasteiger partial charge in [0.05, 0.1) is 10.4 Å². The molecule has 2 nitrogen and oxygen atoms in total. The Labute approximate surface area is 99.9 Å². The summed E-state index contributed by atoms with van der Waals surface area (Å²) in [4.78, 5) is 8.06. The predicted octanol–water partition coefficient (Wildman–Crippen LogP) is 3.88. The zero-order valence-corrected chi connectivity index (χ0v) is 9.74. The normalized spacial score (nSPS) is 11.2. The maximum Gasteiger partial charge on any atom is 0.153 e. The second-order valence-electron chi connectivity index (χ2n) is 3.80. The number of H-pyrrole nitrogens is 1. The highest BCUT2D eigenvalue weighted by molar-refractivity contribution is 7.13. The van der Waals surface area contributed by atoms with Crippen LogP contribution >= 0.6 is 11.3 Å². The van der Waals surface area contributed by atoms with Crippen LogP contribution in [0.3, 0.4) is 0 Å². The summed E-state index contributed by atoms with van der Waals surface area (Å²) in [5.41, 5.74) is 1.62. The van der Waals surface area contributed by atoms with Crippen LogP contribution in [0.1, 0.15) is 5.56 Å². The number of aromatic amines is 1. The standard InChI is InChI=1S/C12H8F2N2S/c1-6-2-3-17-11(6)12-15-9-5-7(13)4-8(14)10(9)16-12/h2-5H,1H3,(H,15,16). The SMILES string of the molecule is Cc1ccsc1-c1nc2c(F)cc(F)cc2[nH]1. The Hall–Kier alpha value is -1.75. The fourth-order valence-corrected chi connectivity index (χ4v) is 2.64. The molecular weight excluding hydrogens is 242 g/mol. The summed E-state index contributed by atoms with van der Waals surface area (Å²) in [5.74, 6) is -0.665. The number of aromatic nitrogens is 2. The van der Waals surface area contributed by atoms with E-state index in [9.17, 15) is 8.78 Å². The van der Waals surface area contributed by atoms with E-state index in [-0.39, 0.29) is 5.52 Å². The number of fused-ring (bicyclic) bond motifs is 1. The molecule has 2 aromatic heterocycles. The van der Waals surface area contributed by atoms with Crippen LogP contribution in [0.2, 0.25) is 0 Å². The molecule has 0 atom stereocenters. The van der Waals surface area contributed by atoms with Crippen LogP contribution in [0, 0.1) is 18.6 Å². The third-order valence-corrected chi connectivity index (χ3v) is 3.61. The monoisotopic (exact) mass is 250 g/mol. The molecule has 1 N–H and O–H groups in total. The molecule has 3 rings (SSSR count). The first kappa shape index (κ1) is 10.4. The zero-order chi connectivity index (χ0) is 12.0. The first-order valence-electron chi connectivity index (χ1n) is 5.04. The minimum atomic E-state index is -0.642. The lowest BCUT2D eigenvalue weighted by Gasteiger charge is -1.91. The molecule has 0 amide bonds. The molecular formula is C12H8F2N2S.